The van der Waals surface area contributed by atoms with Crippen molar-refractivity contribution in [2.24, 2.45) is 5.73 Å². The molecule has 1 saturated heterocycles. The van der Waals surface area contributed by atoms with Gasteiger partial charge in [-0.1, -0.05) is 6.07 Å². The minimum Gasteiger partial charge on any atom is -0.497 e. The van der Waals surface area contributed by atoms with Crippen LogP contribution < -0.4 is 10.5 Å². The highest BCUT2D eigenvalue weighted by molar-refractivity contribution is 7.99. The number of nitrogens with zero attached hydrogens (tertiary/aromatic N) is 1. The topological polar surface area (TPSA) is 38.5 Å². The van der Waals surface area contributed by atoms with Crippen LogP contribution in [0.15, 0.2) is 18.2 Å². The summed E-state index contributed by atoms with van der Waals surface area (Å²) in [7, 11) is 1.74. The highest BCUT2D eigenvalue weighted by atomic mass is 32.2. The number of methoxy groups -OCH3 is 1. The first-order chi connectivity index (χ1) is 10.2. The van der Waals surface area contributed by atoms with Gasteiger partial charge in [0.05, 0.1) is 7.11 Å². The molecule has 2 aliphatic rings. The predicted octanol–water partition coefficient (Wildman–Crippen LogP) is 2.32. The Balaban J connectivity index is 1.90. The zero-order valence-electron chi connectivity index (χ0n) is 13.1. The summed E-state index contributed by atoms with van der Waals surface area (Å²) in [6.07, 6.45) is 3.37. The molecule has 1 aromatic carbocycles. The Morgan fingerprint density at radius 1 is 1.43 bits per heavy atom. The van der Waals surface area contributed by atoms with Crippen LogP contribution >= 0.6 is 11.8 Å². The molecule has 1 aliphatic carbocycles. The van der Waals surface area contributed by atoms with Crippen molar-refractivity contribution in [3.05, 3.63) is 29.3 Å². The van der Waals surface area contributed by atoms with E-state index in [1.54, 1.807) is 7.11 Å². The normalized spacial score (nSPS) is 30.0. The predicted molar refractivity (Wildman–Crippen MR) is 90.3 cm³/mol. The van der Waals surface area contributed by atoms with Gasteiger partial charge in [0.2, 0.25) is 0 Å². The number of hydrogen-bond donors (Lipinski definition) is 1. The van der Waals surface area contributed by atoms with Crippen molar-refractivity contribution >= 4 is 11.8 Å². The Bertz CT molecular complexity index is 508. The molecule has 0 aromatic heterocycles. The maximum Gasteiger partial charge on any atom is 0.119 e. The van der Waals surface area contributed by atoms with E-state index in [4.69, 9.17) is 10.5 Å². The summed E-state index contributed by atoms with van der Waals surface area (Å²) < 4.78 is 5.40. The number of nitrogens with two attached hydrogens (primary N) is 1. The Labute approximate surface area is 132 Å². The van der Waals surface area contributed by atoms with Gasteiger partial charge in [0.15, 0.2) is 0 Å². The van der Waals surface area contributed by atoms with Gasteiger partial charge in [-0.3, -0.25) is 4.90 Å². The molecule has 0 radical (unpaired) electrons. The van der Waals surface area contributed by atoms with Gasteiger partial charge in [-0.25, -0.2) is 0 Å². The van der Waals surface area contributed by atoms with E-state index < -0.39 is 0 Å². The molecule has 1 fully saturated rings. The first-order valence-corrected chi connectivity index (χ1v) is 9.04. The van der Waals surface area contributed by atoms with Crippen molar-refractivity contribution in [2.45, 2.75) is 37.8 Å². The van der Waals surface area contributed by atoms with Crippen LogP contribution in [0.3, 0.4) is 0 Å². The van der Waals surface area contributed by atoms with Gasteiger partial charge in [0.25, 0.3) is 0 Å². The SMILES string of the molecule is COc1ccc2c(c1)CC(CN)(N1CCSCC1C)CC2. The Hall–Kier alpha value is -0.710. The lowest BCUT2D eigenvalue weighted by molar-refractivity contribution is 0.0542. The van der Waals surface area contributed by atoms with E-state index in [2.05, 4.69) is 41.8 Å². The maximum absolute atomic E-state index is 6.28. The molecule has 0 amide bonds. The first-order valence-electron chi connectivity index (χ1n) is 7.89. The molecule has 21 heavy (non-hydrogen) atoms. The lowest BCUT2D eigenvalue weighted by atomic mass is 9.76. The largest absolute Gasteiger partial charge is 0.497 e. The van der Waals surface area contributed by atoms with Crippen molar-refractivity contribution in [1.29, 1.82) is 0 Å². The molecule has 2 N–H and O–H groups in total. The molecule has 0 spiro atoms. The summed E-state index contributed by atoms with van der Waals surface area (Å²) in [6.45, 7) is 4.27. The van der Waals surface area contributed by atoms with E-state index in [1.807, 2.05) is 0 Å². The number of ether oxygens (including phenoxy) is 1. The fourth-order valence-corrected chi connectivity index (χ4v) is 4.93. The molecular weight excluding hydrogens is 280 g/mol. The summed E-state index contributed by atoms with van der Waals surface area (Å²) >= 11 is 2.07. The van der Waals surface area contributed by atoms with Gasteiger partial charge in [-0.2, -0.15) is 11.8 Å². The minimum absolute atomic E-state index is 0.139. The van der Waals surface area contributed by atoms with Crippen LogP contribution in [0.5, 0.6) is 5.75 Å². The van der Waals surface area contributed by atoms with Crippen molar-refractivity contribution in [3.63, 3.8) is 0 Å². The third-order valence-corrected chi connectivity index (χ3v) is 6.34. The maximum atomic E-state index is 6.28. The van der Waals surface area contributed by atoms with E-state index in [1.165, 1.54) is 35.6 Å². The average Bonchev–Trinajstić information content (AvgIpc) is 2.54. The second-order valence-electron chi connectivity index (χ2n) is 6.36. The number of thioether (sulfide) groups is 1. The monoisotopic (exact) mass is 306 g/mol. The molecule has 2 unspecified atom stereocenters. The molecule has 116 valence electrons. The van der Waals surface area contributed by atoms with Gasteiger partial charge in [-0.05, 0) is 49.4 Å². The summed E-state index contributed by atoms with van der Waals surface area (Å²) in [5.74, 6) is 3.42. The average molecular weight is 306 g/mol. The molecule has 3 rings (SSSR count). The lowest BCUT2D eigenvalue weighted by Crippen LogP contribution is -2.62. The fourth-order valence-electron chi connectivity index (χ4n) is 3.92. The van der Waals surface area contributed by atoms with Crippen LogP contribution in [-0.2, 0) is 12.8 Å². The smallest absolute Gasteiger partial charge is 0.119 e. The Morgan fingerprint density at radius 2 is 2.29 bits per heavy atom. The first kappa shape index (κ1) is 15.2. The van der Waals surface area contributed by atoms with Crippen LogP contribution in [0.1, 0.15) is 24.5 Å². The second-order valence-corrected chi connectivity index (χ2v) is 7.51. The van der Waals surface area contributed by atoms with E-state index in [0.717, 1.165) is 25.1 Å². The van der Waals surface area contributed by atoms with Gasteiger partial charge in [-0.15, -0.1) is 0 Å². The highest BCUT2D eigenvalue weighted by Crippen LogP contribution is 2.37. The molecule has 3 nitrogen and oxygen atoms in total. The van der Waals surface area contributed by atoms with Crippen LogP contribution in [0.25, 0.3) is 0 Å². The summed E-state index contributed by atoms with van der Waals surface area (Å²) in [5, 5.41) is 0. The van der Waals surface area contributed by atoms with Crippen molar-refractivity contribution < 1.29 is 4.74 Å². The minimum atomic E-state index is 0.139. The third-order valence-electron chi connectivity index (χ3n) is 5.15. The van der Waals surface area contributed by atoms with Gasteiger partial charge in [0, 0.05) is 36.2 Å². The van der Waals surface area contributed by atoms with E-state index in [-0.39, 0.29) is 5.54 Å². The van der Waals surface area contributed by atoms with Crippen LogP contribution in [0.4, 0.5) is 0 Å². The number of fused-ring (bicyclic) bond motifs is 1. The number of rotatable bonds is 3. The van der Waals surface area contributed by atoms with E-state index >= 15 is 0 Å². The summed E-state index contributed by atoms with van der Waals surface area (Å²) in [4.78, 5) is 2.69. The van der Waals surface area contributed by atoms with Crippen molar-refractivity contribution in [1.82, 2.24) is 4.90 Å². The van der Waals surface area contributed by atoms with Gasteiger partial charge in [0.1, 0.15) is 5.75 Å². The second kappa shape index (κ2) is 6.19. The Kier molecular flexibility index (Phi) is 4.48. The molecular formula is C17H26N2OS. The molecule has 1 aliphatic heterocycles. The van der Waals surface area contributed by atoms with Crippen LogP contribution in [-0.4, -0.2) is 48.2 Å². The van der Waals surface area contributed by atoms with Crippen molar-refractivity contribution in [3.8, 4) is 5.75 Å². The number of aryl methyl sites for hydroxylation is 1. The Morgan fingerprint density at radius 3 is 3.00 bits per heavy atom. The molecule has 0 bridgehead atoms. The standard InChI is InChI=1S/C17H26N2OS/c1-13-11-21-8-7-19(13)17(12-18)6-5-14-3-4-16(20-2)9-15(14)10-17/h3-4,9,13H,5-8,10-12,18H2,1-2H3. The van der Waals surface area contributed by atoms with Crippen molar-refractivity contribution in [2.75, 3.05) is 31.7 Å². The third kappa shape index (κ3) is 2.81. The molecule has 1 aromatic rings. The molecule has 2 atom stereocenters. The lowest BCUT2D eigenvalue weighted by Gasteiger charge is -2.50. The van der Waals surface area contributed by atoms with E-state index in [9.17, 15) is 0 Å². The summed E-state index contributed by atoms with van der Waals surface area (Å²) in [6, 6.07) is 7.14. The zero-order chi connectivity index (χ0) is 14.9. The number of benzene rings is 1. The highest BCUT2D eigenvalue weighted by Gasteiger charge is 2.41. The van der Waals surface area contributed by atoms with E-state index in [0.29, 0.717) is 6.04 Å². The van der Waals surface area contributed by atoms with Gasteiger partial charge < -0.3 is 10.5 Å². The van der Waals surface area contributed by atoms with Crippen LogP contribution in [0, 0.1) is 0 Å². The molecule has 1 heterocycles. The van der Waals surface area contributed by atoms with Gasteiger partial charge >= 0.3 is 0 Å². The molecule has 4 heteroatoms. The fraction of sp³-hybridized carbons (Fsp3) is 0.647. The summed E-state index contributed by atoms with van der Waals surface area (Å²) in [5.41, 5.74) is 9.32. The zero-order valence-corrected chi connectivity index (χ0v) is 13.9. The van der Waals surface area contributed by atoms with Crippen LogP contribution in [0.2, 0.25) is 0 Å². The number of hydrogen-bond acceptors (Lipinski definition) is 4. The molecule has 0 saturated carbocycles. The quantitative estimate of drug-likeness (QED) is 0.930.